The number of ether oxygens (including phenoxy) is 2. The maximum Gasteiger partial charge on any atom is 0.344 e. The highest BCUT2D eigenvalue weighted by Crippen LogP contribution is 2.27. The lowest BCUT2D eigenvalue weighted by Gasteiger charge is -2.08. The molecule has 0 fully saturated rings. The van der Waals surface area contributed by atoms with E-state index in [2.05, 4.69) is 21.2 Å². The SMILES string of the molecule is CCOC(=O)COc1ccc(/C=C(\C#N)C(=O)Nc2cccc(Cl)c2)cc1Br. The van der Waals surface area contributed by atoms with Crippen LogP contribution in [0.5, 0.6) is 5.75 Å². The summed E-state index contributed by atoms with van der Waals surface area (Å²) in [7, 11) is 0. The molecule has 0 aliphatic carbocycles. The quantitative estimate of drug-likeness (QED) is 0.368. The van der Waals surface area contributed by atoms with E-state index in [1.165, 1.54) is 6.08 Å². The topological polar surface area (TPSA) is 88.4 Å². The minimum Gasteiger partial charge on any atom is -0.481 e. The molecule has 28 heavy (non-hydrogen) atoms. The Morgan fingerprint density at radius 1 is 1.29 bits per heavy atom. The molecule has 0 atom stereocenters. The van der Waals surface area contributed by atoms with E-state index in [1.54, 1.807) is 49.4 Å². The summed E-state index contributed by atoms with van der Waals surface area (Å²) in [5.74, 6) is -0.585. The Kier molecular flexibility index (Phi) is 8.05. The molecule has 2 aromatic carbocycles. The molecule has 0 saturated heterocycles. The summed E-state index contributed by atoms with van der Waals surface area (Å²) in [6.45, 7) is 1.78. The van der Waals surface area contributed by atoms with Crippen LogP contribution in [0.4, 0.5) is 5.69 Å². The number of rotatable bonds is 7. The number of halogens is 2. The van der Waals surface area contributed by atoms with E-state index in [-0.39, 0.29) is 18.8 Å². The predicted octanol–water partition coefficient (Wildman–Crippen LogP) is 4.59. The lowest BCUT2D eigenvalue weighted by Crippen LogP contribution is -2.14. The number of amides is 1. The Morgan fingerprint density at radius 2 is 2.07 bits per heavy atom. The van der Waals surface area contributed by atoms with E-state index in [9.17, 15) is 14.9 Å². The Bertz CT molecular complexity index is 953. The van der Waals surface area contributed by atoms with Crippen molar-refractivity contribution < 1.29 is 19.1 Å². The first-order valence-corrected chi connectivity index (χ1v) is 9.36. The zero-order valence-electron chi connectivity index (χ0n) is 14.9. The van der Waals surface area contributed by atoms with Crippen LogP contribution in [-0.4, -0.2) is 25.1 Å². The molecule has 2 rings (SSSR count). The van der Waals surface area contributed by atoms with Gasteiger partial charge in [0.2, 0.25) is 0 Å². The van der Waals surface area contributed by atoms with E-state index >= 15 is 0 Å². The molecule has 1 amide bonds. The number of hydrogen-bond donors (Lipinski definition) is 1. The summed E-state index contributed by atoms with van der Waals surface area (Å²) >= 11 is 9.23. The summed E-state index contributed by atoms with van der Waals surface area (Å²) in [5, 5.41) is 12.4. The van der Waals surface area contributed by atoms with Crippen LogP contribution in [0.15, 0.2) is 52.5 Å². The number of carbonyl (C=O) groups excluding carboxylic acids is 2. The predicted molar refractivity (Wildman–Crippen MR) is 110 cm³/mol. The third-order valence-corrected chi connectivity index (χ3v) is 4.22. The molecule has 0 unspecified atom stereocenters. The molecule has 2 aromatic rings. The maximum absolute atomic E-state index is 12.3. The lowest BCUT2D eigenvalue weighted by molar-refractivity contribution is -0.145. The Morgan fingerprint density at radius 3 is 2.71 bits per heavy atom. The fourth-order valence-corrected chi connectivity index (χ4v) is 2.84. The molecular formula is C20H16BrClN2O4. The second kappa shape index (κ2) is 10.5. The van der Waals surface area contributed by atoms with Crippen molar-refractivity contribution >= 4 is 51.2 Å². The smallest absolute Gasteiger partial charge is 0.344 e. The summed E-state index contributed by atoms with van der Waals surface area (Å²) in [6, 6.07) is 13.5. The minimum absolute atomic E-state index is 0.0768. The van der Waals surface area contributed by atoms with Gasteiger partial charge in [-0.15, -0.1) is 0 Å². The molecule has 0 radical (unpaired) electrons. The number of anilines is 1. The van der Waals surface area contributed by atoms with Crippen molar-refractivity contribution in [1.29, 1.82) is 5.26 Å². The van der Waals surface area contributed by atoms with Crippen LogP contribution in [0, 0.1) is 11.3 Å². The molecule has 0 saturated carbocycles. The third-order valence-electron chi connectivity index (χ3n) is 3.37. The summed E-state index contributed by atoms with van der Waals surface area (Å²) in [4.78, 5) is 23.7. The first-order valence-electron chi connectivity index (χ1n) is 8.19. The molecule has 0 aliphatic rings. The van der Waals surface area contributed by atoms with Crippen LogP contribution in [0.25, 0.3) is 6.08 Å². The van der Waals surface area contributed by atoms with E-state index in [4.69, 9.17) is 21.1 Å². The average Bonchev–Trinajstić information content (AvgIpc) is 2.65. The van der Waals surface area contributed by atoms with Crippen LogP contribution in [-0.2, 0) is 14.3 Å². The fourth-order valence-electron chi connectivity index (χ4n) is 2.14. The van der Waals surface area contributed by atoms with Gasteiger partial charge in [0.05, 0.1) is 11.1 Å². The summed E-state index contributed by atoms with van der Waals surface area (Å²) in [6.07, 6.45) is 1.44. The highest BCUT2D eigenvalue weighted by atomic mass is 79.9. The molecule has 1 N–H and O–H groups in total. The molecule has 144 valence electrons. The van der Waals surface area contributed by atoms with E-state index < -0.39 is 11.9 Å². The Hall–Kier alpha value is -2.82. The van der Waals surface area contributed by atoms with Crippen molar-refractivity contribution in [3.63, 3.8) is 0 Å². The second-order valence-corrected chi connectivity index (χ2v) is 6.71. The fraction of sp³-hybridized carbons (Fsp3) is 0.150. The molecule has 0 aliphatic heterocycles. The molecule has 0 bridgehead atoms. The number of nitrogens with zero attached hydrogens (tertiary/aromatic N) is 1. The van der Waals surface area contributed by atoms with Gasteiger partial charge in [-0.1, -0.05) is 23.7 Å². The second-order valence-electron chi connectivity index (χ2n) is 5.42. The molecule has 0 spiro atoms. The lowest BCUT2D eigenvalue weighted by atomic mass is 10.1. The standard InChI is InChI=1S/C20H16BrClN2O4/c1-2-27-19(25)12-28-18-7-6-13(9-17(18)21)8-14(11-23)20(26)24-16-5-3-4-15(22)10-16/h3-10H,2,12H2,1H3,(H,24,26)/b14-8+. The van der Waals surface area contributed by atoms with Gasteiger partial charge < -0.3 is 14.8 Å². The summed E-state index contributed by atoms with van der Waals surface area (Å²) in [5.41, 5.74) is 1.02. The zero-order valence-corrected chi connectivity index (χ0v) is 17.2. The molecular weight excluding hydrogens is 448 g/mol. The van der Waals surface area contributed by atoms with Crippen molar-refractivity contribution in [2.75, 3.05) is 18.5 Å². The van der Waals surface area contributed by atoms with Gasteiger partial charge in [0.15, 0.2) is 6.61 Å². The third kappa shape index (κ3) is 6.41. The number of hydrogen-bond acceptors (Lipinski definition) is 5. The van der Waals surface area contributed by atoms with Gasteiger partial charge in [-0.05, 0) is 64.8 Å². The van der Waals surface area contributed by atoms with Crippen molar-refractivity contribution in [3.8, 4) is 11.8 Å². The van der Waals surface area contributed by atoms with Crippen LogP contribution in [0.2, 0.25) is 5.02 Å². The number of nitriles is 1. The van der Waals surface area contributed by atoms with Gasteiger partial charge >= 0.3 is 5.97 Å². The van der Waals surface area contributed by atoms with Gasteiger partial charge in [0.1, 0.15) is 17.4 Å². The zero-order chi connectivity index (χ0) is 20.5. The van der Waals surface area contributed by atoms with Gasteiger partial charge in [-0.25, -0.2) is 4.79 Å². The van der Waals surface area contributed by atoms with Crippen LogP contribution in [0.3, 0.4) is 0 Å². The largest absolute Gasteiger partial charge is 0.481 e. The number of carbonyl (C=O) groups is 2. The Balaban J connectivity index is 2.11. The minimum atomic E-state index is -0.552. The highest BCUT2D eigenvalue weighted by Gasteiger charge is 2.11. The van der Waals surface area contributed by atoms with Crippen LogP contribution < -0.4 is 10.1 Å². The summed E-state index contributed by atoms with van der Waals surface area (Å²) < 4.78 is 10.7. The van der Waals surface area contributed by atoms with Gasteiger partial charge in [-0.2, -0.15) is 5.26 Å². The molecule has 6 nitrogen and oxygen atoms in total. The van der Waals surface area contributed by atoms with Crippen molar-refractivity contribution in [2.24, 2.45) is 0 Å². The average molecular weight is 464 g/mol. The number of nitrogens with one attached hydrogen (secondary N) is 1. The number of esters is 1. The van der Waals surface area contributed by atoms with Crippen molar-refractivity contribution in [1.82, 2.24) is 0 Å². The number of benzene rings is 2. The molecule has 8 heteroatoms. The van der Waals surface area contributed by atoms with Gasteiger partial charge in [-0.3, -0.25) is 4.79 Å². The monoisotopic (exact) mass is 462 g/mol. The first-order chi connectivity index (χ1) is 13.4. The first kappa shape index (κ1) is 21.5. The van der Waals surface area contributed by atoms with Crippen LogP contribution >= 0.6 is 27.5 Å². The molecule has 0 heterocycles. The van der Waals surface area contributed by atoms with E-state index in [0.717, 1.165) is 0 Å². The maximum atomic E-state index is 12.3. The van der Waals surface area contributed by atoms with Crippen molar-refractivity contribution in [2.45, 2.75) is 6.92 Å². The van der Waals surface area contributed by atoms with E-state index in [1.807, 2.05) is 6.07 Å². The Labute approximate surface area is 175 Å². The highest BCUT2D eigenvalue weighted by molar-refractivity contribution is 9.10. The molecule has 0 aromatic heterocycles. The van der Waals surface area contributed by atoms with Crippen LogP contribution in [0.1, 0.15) is 12.5 Å². The van der Waals surface area contributed by atoms with E-state index in [0.29, 0.717) is 26.5 Å². The van der Waals surface area contributed by atoms with Crippen molar-refractivity contribution in [3.05, 3.63) is 63.1 Å². The van der Waals surface area contributed by atoms with Gasteiger partial charge in [0, 0.05) is 10.7 Å². The normalized spacial score (nSPS) is 10.7. The van der Waals surface area contributed by atoms with Gasteiger partial charge in [0.25, 0.3) is 5.91 Å².